The summed E-state index contributed by atoms with van der Waals surface area (Å²) in [6, 6.07) is 0.183. The molecule has 1 N–H and O–H groups in total. The van der Waals surface area contributed by atoms with E-state index in [0.29, 0.717) is 25.4 Å². The van der Waals surface area contributed by atoms with E-state index in [1.807, 2.05) is 11.8 Å². The van der Waals surface area contributed by atoms with E-state index in [9.17, 15) is 9.59 Å². The number of hydrogen-bond donors (Lipinski definition) is 1. The van der Waals surface area contributed by atoms with Crippen LogP contribution in [0.5, 0.6) is 0 Å². The highest BCUT2D eigenvalue weighted by Crippen LogP contribution is 2.19. The Balaban J connectivity index is 2.61. The Morgan fingerprint density at radius 3 is 2.62 bits per heavy atom. The highest BCUT2D eigenvalue weighted by Gasteiger charge is 2.33. The van der Waals surface area contributed by atoms with Gasteiger partial charge in [-0.25, -0.2) is 0 Å². The van der Waals surface area contributed by atoms with E-state index in [2.05, 4.69) is 19.2 Å². The standard InChI is InChI=1S/C16H30N2O3/c1-5-6-15(19)18-10-13(16(20)21-4)9-14(11-18)17-8-7-12(2)3/h12-14,17H,5-11H2,1-4H3. The maximum atomic E-state index is 12.1. The third-order valence-corrected chi connectivity index (χ3v) is 3.96. The van der Waals surface area contributed by atoms with Gasteiger partial charge in [-0.2, -0.15) is 0 Å². The number of ether oxygens (including phenoxy) is 1. The fourth-order valence-electron chi connectivity index (χ4n) is 2.74. The Kier molecular flexibility index (Phi) is 7.72. The van der Waals surface area contributed by atoms with Gasteiger partial charge in [-0.05, 0) is 31.7 Å². The molecule has 0 saturated carbocycles. The average Bonchev–Trinajstić information content (AvgIpc) is 2.46. The first-order valence-corrected chi connectivity index (χ1v) is 8.06. The minimum absolute atomic E-state index is 0.141. The predicted octanol–water partition coefficient (Wildman–Crippen LogP) is 1.81. The number of nitrogens with one attached hydrogen (secondary N) is 1. The molecule has 0 aliphatic carbocycles. The zero-order valence-corrected chi connectivity index (χ0v) is 13.9. The largest absolute Gasteiger partial charge is 0.469 e. The lowest BCUT2D eigenvalue weighted by atomic mass is 9.93. The molecule has 2 atom stereocenters. The van der Waals surface area contributed by atoms with Crippen molar-refractivity contribution < 1.29 is 14.3 Å². The second kappa shape index (κ2) is 9.03. The van der Waals surface area contributed by atoms with Gasteiger partial charge in [-0.3, -0.25) is 9.59 Å². The first kappa shape index (κ1) is 18.0. The molecule has 1 rings (SSSR count). The maximum absolute atomic E-state index is 12.1. The van der Waals surface area contributed by atoms with E-state index in [-0.39, 0.29) is 23.8 Å². The Bertz CT molecular complexity index is 344. The SMILES string of the molecule is CCCC(=O)N1CC(NCCC(C)C)CC(C(=O)OC)C1. The van der Waals surface area contributed by atoms with Crippen molar-refractivity contribution in [3.8, 4) is 0 Å². The molecule has 0 aromatic carbocycles. The summed E-state index contributed by atoms with van der Waals surface area (Å²) in [5.74, 6) is 0.373. The van der Waals surface area contributed by atoms with Crippen LogP contribution in [0.1, 0.15) is 46.5 Å². The Morgan fingerprint density at radius 2 is 2.05 bits per heavy atom. The van der Waals surface area contributed by atoms with Crippen molar-refractivity contribution in [1.29, 1.82) is 0 Å². The second-order valence-corrected chi connectivity index (χ2v) is 6.34. The molecule has 0 aromatic rings. The summed E-state index contributed by atoms with van der Waals surface area (Å²) in [5, 5.41) is 3.49. The summed E-state index contributed by atoms with van der Waals surface area (Å²) >= 11 is 0. The van der Waals surface area contributed by atoms with Crippen molar-refractivity contribution in [1.82, 2.24) is 10.2 Å². The fourth-order valence-corrected chi connectivity index (χ4v) is 2.74. The summed E-state index contributed by atoms with van der Waals surface area (Å²) in [6.45, 7) is 8.50. The van der Waals surface area contributed by atoms with Crippen LogP contribution in [0.2, 0.25) is 0 Å². The van der Waals surface area contributed by atoms with Crippen LogP contribution in [0.15, 0.2) is 0 Å². The van der Waals surface area contributed by atoms with Crippen LogP contribution < -0.4 is 5.32 Å². The molecule has 1 fully saturated rings. The molecule has 0 aromatic heterocycles. The number of carbonyl (C=O) groups excluding carboxylic acids is 2. The van der Waals surface area contributed by atoms with Crippen molar-refractivity contribution in [3.05, 3.63) is 0 Å². The molecule has 0 radical (unpaired) electrons. The normalized spacial score (nSPS) is 22.4. The summed E-state index contributed by atoms with van der Waals surface area (Å²) in [4.78, 5) is 25.8. The zero-order valence-electron chi connectivity index (χ0n) is 13.9. The van der Waals surface area contributed by atoms with Gasteiger partial charge in [-0.15, -0.1) is 0 Å². The molecule has 21 heavy (non-hydrogen) atoms. The van der Waals surface area contributed by atoms with Gasteiger partial charge < -0.3 is 15.0 Å². The lowest BCUT2D eigenvalue weighted by Gasteiger charge is -2.37. The third kappa shape index (κ3) is 6.04. The summed E-state index contributed by atoms with van der Waals surface area (Å²) in [5.41, 5.74) is 0. The molecule has 5 nitrogen and oxygen atoms in total. The van der Waals surface area contributed by atoms with Crippen molar-refractivity contribution in [2.45, 2.75) is 52.5 Å². The summed E-state index contributed by atoms with van der Waals surface area (Å²) < 4.78 is 4.86. The van der Waals surface area contributed by atoms with E-state index < -0.39 is 0 Å². The second-order valence-electron chi connectivity index (χ2n) is 6.34. The third-order valence-electron chi connectivity index (χ3n) is 3.96. The average molecular weight is 298 g/mol. The number of likely N-dealkylation sites (tertiary alicyclic amines) is 1. The lowest BCUT2D eigenvalue weighted by molar-refractivity contribution is -0.149. The molecular weight excluding hydrogens is 268 g/mol. The van der Waals surface area contributed by atoms with E-state index >= 15 is 0 Å². The van der Waals surface area contributed by atoms with Gasteiger partial charge in [0.15, 0.2) is 0 Å². The number of methoxy groups -OCH3 is 1. The predicted molar refractivity (Wildman–Crippen MR) is 82.9 cm³/mol. The number of piperidine rings is 1. The van der Waals surface area contributed by atoms with Crippen LogP contribution in [0, 0.1) is 11.8 Å². The highest BCUT2D eigenvalue weighted by molar-refractivity contribution is 5.78. The quantitative estimate of drug-likeness (QED) is 0.728. The molecule has 122 valence electrons. The Morgan fingerprint density at radius 1 is 1.33 bits per heavy atom. The number of amides is 1. The smallest absolute Gasteiger partial charge is 0.310 e. The van der Waals surface area contributed by atoms with Crippen molar-refractivity contribution in [2.24, 2.45) is 11.8 Å². The molecule has 5 heteroatoms. The van der Waals surface area contributed by atoms with Gasteiger partial charge in [0, 0.05) is 25.6 Å². The number of rotatable bonds is 7. The van der Waals surface area contributed by atoms with Gasteiger partial charge in [0.05, 0.1) is 13.0 Å². The Hall–Kier alpha value is -1.10. The minimum Gasteiger partial charge on any atom is -0.469 e. The van der Waals surface area contributed by atoms with E-state index in [1.165, 1.54) is 7.11 Å². The number of esters is 1. The highest BCUT2D eigenvalue weighted by atomic mass is 16.5. The zero-order chi connectivity index (χ0) is 15.8. The van der Waals surface area contributed by atoms with Gasteiger partial charge in [0.25, 0.3) is 0 Å². The van der Waals surface area contributed by atoms with Crippen LogP contribution >= 0.6 is 0 Å². The monoisotopic (exact) mass is 298 g/mol. The molecule has 1 amide bonds. The molecule has 1 heterocycles. The summed E-state index contributed by atoms with van der Waals surface area (Å²) in [6.07, 6.45) is 3.24. The lowest BCUT2D eigenvalue weighted by Crippen LogP contribution is -2.53. The number of nitrogens with zero attached hydrogens (tertiary/aromatic N) is 1. The summed E-state index contributed by atoms with van der Waals surface area (Å²) in [7, 11) is 1.41. The number of hydrogen-bond acceptors (Lipinski definition) is 4. The van der Waals surface area contributed by atoms with E-state index in [1.54, 1.807) is 0 Å². The molecule has 0 bridgehead atoms. The molecule has 2 unspecified atom stereocenters. The molecule has 0 spiro atoms. The van der Waals surface area contributed by atoms with Crippen molar-refractivity contribution in [3.63, 3.8) is 0 Å². The van der Waals surface area contributed by atoms with Crippen LogP contribution in [0.25, 0.3) is 0 Å². The fraction of sp³-hybridized carbons (Fsp3) is 0.875. The maximum Gasteiger partial charge on any atom is 0.310 e. The van der Waals surface area contributed by atoms with Crippen LogP contribution in [0.3, 0.4) is 0 Å². The molecule has 1 saturated heterocycles. The molecular formula is C16H30N2O3. The van der Waals surface area contributed by atoms with Gasteiger partial charge >= 0.3 is 5.97 Å². The van der Waals surface area contributed by atoms with Gasteiger partial charge in [0.2, 0.25) is 5.91 Å². The Labute approximate surface area is 128 Å². The van der Waals surface area contributed by atoms with E-state index in [4.69, 9.17) is 4.74 Å². The van der Waals surface area contributed by atoms with Gasteiger partial charge in [0.1, 0.15) is 0 Å². The molecule has 1 aliphatic heterocycles. The van der Waals surface area contributed by atoms with Crippen molar-refractivity contribution >= 4 is 11.9 Å². The van der Waals surface area contributed by atoms with E-state index in [0.717, 1.165) is 25.8 Å². The van der Waals surface area contributed by atoms with Gasteiger partial charge in [-0.1, -0.05) is 20.8 Å². The van der Waals surface area contributed by atoms with Crippen LogP contribution in [-0.2, 0) is 14.3 Å². The first-order valence-electron chi connectivity index (χ1n) is 8.06. The first-order chi connectivity index (χ1) is 9.97. The minimum atomic E-state index is -0.209. The van der Waals surface area contributed by atoms with Crippen LogP contribution in [-0.4, -0.2) is 49.6 Å². The molecule has 1 aliphatic rings. The number of carbonyl (C=O) groups is 2. The van der Waals surface area contributed by atoms with Crippen LogP contribution in [0.4, 0.5) is 0 Å². The topological polar surface area (TPSA) is 58.6 Å². The van der Waals surface area contributed by atoms with Crippen molar-refractivity contribution in [2.75, 3.05) is 26.7 Å².